The molecule has 208 valence electrons. The minimum atomic E-state index is 0.702. The molecule has 1 aromatic heterocycles. The lowest BCUT2D eigenvalue weighted by Crippen LogP contribution is -1.98. The van der Waals surface area contributed by atoms with Gasteiger partial charge in [0.25, 0.3) is 0 Å². The van der Waals surface area contributed by atoms with Gasteiger partial charge >= 0.3 is 0 Å². The predicted octanol–water partition coefficient (Wildman–Crippen LogP) is 10.2. The Bertz CT molecular complexity index is 1860. The zero-order valence-electron chi connectivity index (χ0n) is 24.2. The third-order valence-corrected chi connectivity index (χ3v) is 7.66. The van der Waals surface area contributed by atoms with Crippen LogP contribution in [0.5, 0.6) is 0 Å². The summed E-state index contributed by atoms with van der Waals surface area (Å²) < 4.78 is 0. The maximum atomic E-state index is 6.65. The van der Waals surface area contributed by atoms with Crippen molar-refractivity contribution in [2.75, 3.05) is 0 Å². The van der Waals surface area contributed by atoms with Gasteiger partial charge in [0, 0.05) is 11.3 Å². The van der Waals surface area contributed by atoms with Gasteiger partial charge in [0.2, 0.25) is 0 Å². The molecule has 0 radical (unpaired) electrons. The van der Waals surface area contributed by atoms with Crippen LogP contribution in [0.2, 0.25) is 0 Å². The number of allylic oxidation sites excluding steroid dienone is 8. The number of hydrogen-bond acceptors (Lipinski definition) is 2. The van der Waals surface area contributed by atoms with Crippen molar-refractivity contribution in [2.45, 2.75) is 12.8 Å². The molecule has 0 aliphatic heterocycles. The predicted molar refractivity (Wildman–Crippen MR) is 184 cm³/mol. The Balaban J connectivity index is 1.46. The molecule has 0 fully saturated rings. The van der Waals surface area contributed by atoms with Crippen molar-refractivity contribution in [1.29, 1.82) is 0 Å². The SMILES string of the molecule is C=C(/C=C(\C=C(/N)c1ccccc1)c1cccc(-c2cc(C3=CC=CCC3)nc(-c3ccccc3)c2)c1)c1ccccc1. The van der Waals surface area contributed by atoms with Gasteiger partial charge in [0.05, 0.1) is 11.4 Å². The Labute approximate surface area is 254 Å². The summed E-state index contributed by atoms with van der Waals surface area (Å²) in [6, 6.07) is 43.8. The quantitative estimate of drug-likeness (QED) is 0.194. The van der Waals surface area contributed by atoms with Gasteiger partial charge in [0.1, 0.15) is 0 Å². The molecule has 1 aliphatic rings. The molecule has 5 aromatic rings. The van der Waals surface area contributed by atoms with Crippen LogP contribution >= 0.6 is 0 Å². The molecule has 0 saturated carbocycles. The molecule has 2 heteroatoms. The summed E-state index contributed by atoms with van der Waals surface area (Å²) in [5, 5.41) is 0. The van der Waals surface area contributed by atoms with Gasteiger partial charge < -0.3 is 5.73 Å². The van der Waals surface area contributed by atoms with Crippen molar-refractivity contribution in [3.05, 3.63) is 187 Å². The molecule has 43 heavy (non-hydrogen) atoms. The minimum absolute atomic E-state index is 0.702. The lowest BCUT2D eigenvalue weighted by atomic mass is 9.93. The summed E-state index contributed by atoms with van der Waals surface area (Å²) in [4.78, 5) is 5.11. The van der Waals surface area contributed by atoms with Crippen LogP contribution in [0.25, 0.3) is 44.8 Å². The summed E-state index contributed by atoms with van der Waals surface area (Å²) in [6.45, 7) is 4.39. The van der Waals surface area contributed by atoms with Crippen LogP contribution in [-0.4, -0.2) is 4.98 Å². The van der Waals surface area contributed by atoms with Gasteiger partial charge in [-0.3, -0.25) is 0 Å². The first-order chi connectivity index (χ1) is 21.1. The Morgan fingerprint density at radius 2 is 1.26 bits per heavy atom. The smallest absolute Gasteiger partial charge is 0.0715 e. The molecule has 1 heterocycles. The second-order valence-corrected chi connectivity index (χ2v) is 10.7. The molecule has 4 aromatic carbocycles. The Kier molecular flexibility index (Phi) is 8.38. The maximum absolute atomic E-state index is 6.65. The number of pyridine rings is 1. The van der Waals surface area contributed by atoms with E-state index in [0.717, 1.165) is 68.8 Å². The second-order valence-electron chi connectivity index (χ2n) is 10.7. The zero-order chi connectivity index (χ0) is 29.4. The molecular formula is C41H34N2. The van der Waals surface area contributed by atoms with Gasteiger partial charge in [-0.15, -0.1) is 0 Å². The van der Waals surface area contributed by atoms with Crippen molar-refractivity contribution in [2.24, 2.45) is 5.73 Å². The number of aromatic nitrogens is 1. The molecule has 0 saturated heterocycles. The van der Waals surface area contributed by atoms with E-state index >= 15 is 0 Å². The Morgan fingerprint density at radius 3 is 1.95 bits per heavy atom. The first-order valence-electron chi connectivity index (χ1n) is 14.7. The standard InChI is InChI=1S/C41H34N2/c1-30(31-15-6-2-7-16-31)25-37(27-39(42)32-17-8-3-9-18-32)35-23-14-24-36(26-35)38-28-40(33-19-10-4-11-20-33)43-41(29-38)34-21-12-5-13-22-34/h2-12,14-21,23-29H,1,13,22,42H2/b37-25+,39-27-. The van der Waals surface area contributed by atoms with Crippen LogP contribution in [0.3, 0.4) is 0 Å². The molecule has 0 atom stereocenters. The van der Waals surface area contributed by atoms with E-state index in [-0.39, 0.29) is 0 Å². The highest BCUT2D eigenvalue weighted by molar-refractivity contribution is 5.91. The van der Waals surface area contributed by atoms with E-state index in [1.807, 2.05) is 54.6 Å². The van der Waals surface area contributed by atoms with Gasteiger partial charge in [-0.1, -0.05) is 134 Å². The fourth-order valence-electron chi connectivity index (χ4n) is 5.33. The lowest BCUT2D eigenvalue weighted by molar-refractivity contribution is 1.04. The molecular weight excluding hydrogens is 520 g/mol. The summed E-state index contributed by atoms with van der Waals surface area (Å²) in [7, 11) is 0. The zero-order valence-corrected chi connectivity index (χ0v) is 24.2. The number of nitrogens with two attached hydrogens (primary N) is 1. The Morgan fingerprint density at radius 1 is 0.628 bits per heavy atom. The van der Waals surface area contributed by atoms with E-state index in [1.54, 1.807) is 0 Å². The number of hydrogen-bond donors (Lipinski definition) is 1. The summed E-state index contributed by atoms with van der Waals surface area (Å²) in [6.07, 6.45) is 12.7. The van der Waals surface area contributed by atoms with Crippen LogP contribution < -0.4 is 5.73 Å². The molecule has 0 bridgehead atoms. The number of rotatable bonds is 8. The van der Waals surface area contributed by atoms with Crippen molar-refractivity contribution < 1.29 is 0 Å². The molecule has 2 nitrogen and oxygen atoms in total. The third kappa shape index (κ3) is 6.72. The molecule has 0 spiro atoms. The largest absolute Gasteiger partial charge is 0.398 e. The first kappa shape index (κ1) is 27.7. The van der Waals surface area contributed by atoms with E-state index in [1.165, 1.54) is 5.57 Å². The molecule has 6 rings (SSSR count). The summed E-state index contributed by atoms with van der Waals surface area (Å²) in [5.41, 5.74) is 19.0. The average molecular weight is 555 g/mol. The van der Waals surface area contributed by atoms with E-state index in [9.17, 15) is 0 Å². The fraction of sp³-hybridized carbons (Fsp3) is 0.0488. The summed E-state index contributed by atoms with van der Waals surface area (Å²) in [5.74, 6) is 0. The van der Waals surface area contributed by atoms with Crippen molar-refractivity contribution in [3.8, 4) is 22.4 Å². The van der Waals surface area contributed by atoms with Gasteiger partial charge in [-0.25, -0.2) is 4.98 Å². The number of nitrogens with zero attached hydrogens (tertiary/aromatic N) is 1. The average Bonchev–Trinajstić information content (AvgIpc) is 3.09. The van der Waals surface area contributed by atoms with E-state index in [2.05, 4.69) is 110 Å². The monoisotopic (exact) mass is 554 g/mol. The van der Waals surface area contributed by atoms with Crippen LogP contribution in [0.4, 0.5) is 0 Å². The molecule has 1 aliphatic carbocycles. The van der Waals surface area contributed by atoms with E-state index in [0.29, 0.717) is 5.70 Å². The topological polar surface area (TPSA) is 38.9 Å². The van der Waals surface area contributed by atoms with Gasteiger partial charge in [0.15, 0.2) is 0 Å². The van der Waals surface area contributed by atoms with Crippen LogP contribution in [0.1, 0.15) is 35.2 Å². The van der Waals surface area contributed by atoms with Crippen LogP contribution in [0, 0.1) is 0 Å². The van der Waals surface area contributed by atoms with E-state index in [4.69, 9.17) is 10.7 Å². The number of benzene rings is 4. The van der Waals surface area contributed by atoms with Crippen molar-refractivity contribution in [1.82, 2.24) is 4.98 Å². The first-order valence-corrected chi connectivity index (χ1v) is 14.7. The lowest BCUT2D eigenvalue weighted by Gasteiger charge is -2.14. The normalized spacial score (nSPS) is 13.4. The minimum Gasteiger partial charge on any atom is -0.398 e. The summed E-state index contributed by atoms with van der Waals surface area (Å²) >= 11 is 0. The highest BCUT2D eigenvalue weighted by atomic mass is 14.7. The third-order valence-electron chi connectivity index (χ3n) is 7.66. The van der Waals surface area contributed by atoms with Gasteiger partial charge in [-0.05, 0) is 87.7 Å². The van der Waals surface area contributed by atoms with Crippen LogP contribution in [0.15, 0.2) is 164 Å². The maximum Gasteiger partial charge on any atom is 0.0715 e. The second kappa shape index (κ2) is 13.0. The Hall–Kier alpha value is -5.47. The highest BCUT2D eigenvalue weighted by Gasteiger charge is 2.13. The molecule has 2 N–H and O–H groups in total. The highest BCUT2D eigenvalue weighted by Crippen LogP contribution is 2.33. The molecule has 0 unspecified atom stereocenters. The van der Waals surface area contributed by atoms with Crippen molar-refractivity contribution in [3.63, 3.8) is 0 Å². The van der Waals surface area contributed by atoms with Gasteiger partial charge in [-0.2, -0.15) is 0 Å². The van der Waals surface area contributed by atoms with Crippen molar-refractivity contribution >= 4 is 22.4 Å². The van der Waals surface area contributed by atoms with Crippen LogP contribution in [-0.2, 0) is 0 Å². The fourth-order valence-corrected chi connectivity index (χ4v) is 5.33. The van der Waals surface area contributed by atoms with E-state index < -0.39 is 0 Å². The molecule has 0 amide bonds.